The van der Waals surface area contributed by atoms with Gasteiger partial charge in [-0.2, -0.15) is 0 Å². The molecule has 21 heavy (non-hydrogen) atoms. The summed E-state index contributed by atoms with van der Waals surface area (Å²) in [6, 6.07) is 6.92. The molecule has 5 nitrogen and oxygen atoms in total. The van der Waals surface area contributed by atoms with Crippen molar-refractivity contribution < 1.29 is 4.92 Å². The first-order chi connectivity index (χ1) is 10.0. The minimum atomic E-state index is -0.338. The number of likely N-dealkylation sites (tertiary alicyclic amines) is 1. The minimum absolute atomic E-state index is 0.125. The van der Waals surface area contributed by atoms with Gasteiger partial charge in [-0.15, -0.1) is 0 Å². The van der Waals surface area contributed by atoms with Crippen LogP contribution in [0.1, 0.15) is 38.2 Å². The van der Waals surface area contributed by atoms with Crippen molar-refractivity contribution in [1.82, 2.24) is 4.90 Å². The van der Waals surface area contributed by atoms with E-state index in [9.17, 15) is 10.1 Å². The third-order valence-corrected chi connectivity index (χ3v) is 4.52. The van der Waals surface area contributed by atoms with E-state index < -0.39 is 0 Å². The van der Waals surface area contributed by atoms with Crippen molar-refractivity contribution in [2.45, 2.75) is 44.6 Å². The molecule has 0 saturated carbocycles. The average Bonchev–Trinajstić information content (AvgIpc) is 2.77. The zero-order chi connectivity index (χ0) is 15.3. The van der Waals surface area contributed by atoms with Gasteiger partial charge < -0.3 is 5.73 Å². The number of benzene rings is 1. The molecule has 116 valence electrons. The Morgan fingerprint density at radius 1 is 1.29 bits per heavy atom. The lowest BCUT2D eigenvalue weighted by Crippen LogP contribution is -2.53. The molecular weight excluding hydrogens is 266 g/mol. The zero-order valence-electron chi connectivity index (χ0n) is 12.8. The first-order valence-electron chi connectivity index (χ1n) is 7.74. The smallest absolute Gasteiger partial charge is 0.269 e. The molecule has 0 bridgehead atoms. The van der Waals surface area contributed by atoms with Gasteiger partial charge in [0.2, 0.25) is 0 Å². The highest BCUT2D eigenvalue weighted by atomic mass is 16.6. The van der Waals surface area contributed by atoms with Gasteiger partial charge in [-0.05, 0) is 44.8 Å². The van der Waals surface area contributed by atoms with Crippen LogP contribution in [0.4, 0.5) is 5.69 Å². The van der Waals surface area contributed by atoms with Crippen molar-refractivity contribution >= 4 is 5.69 Å². The number of nitro benzene ring substituents is 1. The maximum Gasteiger partial charge on any atom is 0.269 e. The fraction of sp³-hybridized carbons (Fsp3) is 0.625. The SMILES string of the molecule is CC(CN)(Cc1cccc([N+](=O)[O-])c1)N1CCCCCC1. The van der Waals surface area contributed by atoms with Gasteiger partial charge in [0.05, 0.1) is 4.92 Å². The van der Waals surface area contributed by atoms with E-state index in [-0.39, 0.29) is 16.1 Å². The normalized spacial score (nSPS) is 19.7. The van der Waals surface area contributed by atoms with Crippen LogP contribution in [0.3, 0.4) is 0 Å². The molecular formula is C16H25N3O2. The fourth-order valence-electron chi connectivity index (χ4n) is 3.14. The van der Waals surface area contributed by atoms with E-state index in [1.165, 1.54) is 31.7 Å². The van der Waals surface area contributed by atoms with Crippen LogP contribution >= 0.6 is 0 Å². The lowest BCUT2D eigenvalue weighted by molar-refractivity contribution is -0.384. The molecule has 2 N–H and O–H groups in total. The summed E-state index contributed by atoms with van der Waals surface area (Å²) in [5.41, 5.74) is 7.08. The molecule has 1 aromatic rings. The highest BCUT2D eigenvalue weighted by Gasteiger charge is 2.31. The van der Waals surface area contributed by atoms with Crippen LogP contribution in [0.15, 0.2) is 24.3 Å². The van der Waals surface area contributed by atoms with Crippen LogP contribution in [0.25, 0.3) is 0 Å². The van der Waals surface area contributed by atoms with E-state index in [4.69, 9.17) is 5.73 Å². The van der Waals surface area contributed by atoms with Gasteiger partial charge in [-0.25, -0.2) is 0 Å². The molecule has 1 saturated heterocycles. The second-order valence-corrected chi connectivity index (χ2v) is 6.21. The molecule has 0 aromatic heterocycles. The van der Waals surface area contributed by atoms with Gasteiger partial charge in [0.15, 0.2) is 0 Å². The van der Waals surface area contributed by atoms with E-state index in [0.29, 0.717) is 6.54 Å². The largest absolute Gasteiger partial charge is 0.329 e. The van der Waals surface area contributed by atoms with Crippen LogP contribution in [0.5, 0.6) is 0 Å². The first-order valence-corrected chi connectivity index (χ1v) is 7.74. The van der Waals surface area contributed by atoms with Gasteiger partial charge in [0.1, 0.15) is 0 Å². The molecule has 0 spiro atoms. The number of rotatable bonds is 5. The van der Waals surface area contributed by atoms with Crippen molar-refractivity contribution in [2.75, 3.05) is 19.6 Å². The molecule has 1 aliphatic rings. The quantitative estimate of drug-likeness (QED) is 0.669. The fourth-order valence-corrected chi connectivity index (χ4v) is 3.14. The van der Waals surface area contributed by atoms with Gasteiger partial charge in [-0.1, -0.05) is 25.0 Å². The molecule has 5 heteroatoms. The zero-order valence-corrected chi connectivity index (χ0v) is 12.8. The van der Waals surface area contributed by atoms with Gasteiger partial charge >= 0.3 is 0 Å². The summed E-state index contributed by atoms with van der Waals surface area (Å²) >= 11 is 0. The van der Waals surface area contributed by atoms with Crippen molar-refractivity contribution in [2.24, 2.45) is 5.73 Å². The molecule has 1 aromatic carbocycles. The Kier molecular flexibility index (Phi) is 5.31. The van der Waals surface area contributed by atoms with Crippen LogP contribution in [0, 0.1) is 10.1 Å². The molecule has 1 fully saturated rings. The molecule has 1 unspecified atom stereocenters. The van der Waals surface area contributed by atoms with Gasteiger partial charge in [-0.3, -0.25) is 15.0 Å². The Morgan fingerprint density at radius 3 is 2.52 bits per heavy atom. The molecule has 2 rings (SSSR count). The van der Waals surface area contributed by atoms with E-state index in [0.717, 1.165) is 25.1 Å². The topological polar surface area (TPSA) is 72.4 Å². The Labute approximate surface area is 126 Å². The maximum absolute atomic E-state index is 10.9. The van der Waals surface area contributed by atoms with Gasteiger partial charge in [0.25, 0.3) is 5.69 Å². The first kappa shape index (κ1) is 15.9. The van der Waals surface area contributed by atoms with Crippen molar-refractivity contribution in [3.8, 4) is 0 Å². The Morgan fingerprint density at radius 2 is 1.95 bits per heavy atom. The third-order valence-electron chi connectivity index (χ3n) is 4.52. The monoisotopic (exact) mass is 291 g/mol. The summed E-state index contributed by atoms with van der Waals surface area (Å²) in [6.07, 6.45) is 5.75. The number of nitrogens with zero attached hydrogens (tertiary/aromatic N) is 2. The molecule has 1 heterocycles. The number of non-ortho nitro benzene ring substituents is 1. The van der Waals surface area contributed by atoms with E-state index in [1.807, 2.05) is 6.07 Å². The van der Waals surface area contributed by atoms with Crippen LogP contribution in [-0.2, 0) is 6.42 Å². The predicted molar refractivity (Wildman–Crippen MR) is 84.3 cm³/mol. The Balaban J connectivity index is 2.16. The Bertz CT molecular complexity index is 484. The maximum atomic E-state index is 10.9. The lowest BCUT2D eigenvalue weighted by atomic mass is 9.90. The summed E-state index contributed by atoms with van der Waals surface area (Å²) in [4.78, 5) is 13.0. The highest BCUT2D eigenvalue weighted by Crippen LogP contribution is 2.25. The summed E-state index contributed by atoms with van der Waals surface area (Å²) in [7, 11) is 0. The third kappa shape index (κ3) is 4.02. The molecule has 1 atom stereocenters. The summed E-state index contributed by atoms with van der Waals surface area (Å²) < 4.78 is 0. The van der Waals surface area contributed by atoms with Crippen LogP contribution in [-0.4, -0.2) is 35.0 Å². The minimum Gasteiger partial charge on any atom is -0.329 e. The highest BCUT2D eigenvalue weighted by molar-refractivity contribution is 5.35. The van der Waals surface area contributed by atoms with Crippen LogP contribution in [0.2, 0.25) is 0 Å². The second kappa shape index (κ2) is 7.00. The van der Waals surface area contributed by atoms with Gasteiger partial charge in [0, 0.05) is 24.2 Å². The average molecular weight is 291 g/mol. The molecule has 0 amide bonds. The summed E-state index contributed by atoms with van der Waals surface area (Å²) in [6.45, 7) is 4.89. The molecule has 1 aliphatic heterocycles. The van der Waals surface area contributed by atoms with E-state index >= 15 is 0 Å². The number of hydrogen-bond acceptors (Lipinski definition) is 4. The molecule has 0 aliphatic carbocycles. The summed E-state index contributed by atoms with van der Waals surface area (Å²) in [5.74, 6) is 0. The molecule has 0 radical (unpaired) electrons. The van der Waals surface area contributed by atoms with E-state index in [1.54, 1.807) is 12.1 Å². The number of nitro groups is 1. The second-order valence-electron chi connectivity index (χ2n) is 6.21. The van der Waals surface area contributed by atoms with Crippen molar-refractivity contribution in [1.29, 1.82) is 0 Å². The Hall–Kier alpha value is -1.46. The van der Waals surface area contributed by atoms with Crippen LogP contribution < -0.4 is 5.73 Å². The summed E-state index contributed by atoms with van der Waals surface area (Å²) in [5, 5.41) is 10.9. The number of nitrogens with two attached hydrogens (primary N) is 1. The van der Waals surface area contributed by atoms with Crippen molar-refractivity contribution in [3.05, 3.63) is 39.9 Å². The lowest BCUT2D eigenvalue weighted by Gasteiger charge is -2.40. The van der Waals surface area contributed by atoms with E-state index in [2.05, 4.69) is 11.8 Å². The number of hydrogen-bond donors (Lipinski definition) is 1. The van der Waals surface area contributed by atoms with Crippen molar-refractivity contribution in [3.63, 3.8) is 0 Å². The standard InChI is InChI=1S/C16H25N3O2/c1-16(13-17,18-9-4-2-3-5-10-18)12-14-7-6-8-15(11-14)19(20)21/h6-8,11H,2-5,9-10,12-13,17H2,1H3. The predicted octanol–water partition coefficient (Wildman–Crippen LogP) is 2.73.